The molecule has 1 aromatic carbocycles. The summed E-state index contributed by atoms with van der Waals surface area (Å²) in [6.07, 6.45) is 4.79. The van der Waals surface area contributed by atoms with Crippen molar-refractivity contribution in [3.8, 4) is 5.75 Å². The van der Waals surface area contributed by atoms with Gasteiger partial charge in [-0.3, -0.25) is 0 Å². The smallest absolute Gasteiger partial charge is 0.201 e. The van der Waals surface area contributed by atoms with E-state index in [-0.39, 0.29) is 5.75 Å². The molecule has 0 amide bonds. The monoisotopic (exact) mass is 252 g/mol. The minimum atomic E-state index is -0.881. The van der Waals surface area contributed by atoms with Gasteiger partial charge in [0, 0.05) is 5.56 Å². The van der Waals surface area contributed by atoms with Gasteiger partial charge in [0.05, 0.1) is 6.61 Å². The fourth-order valence-corrected chi connectivity index (χ4v) is 2.26. The highest BCUT2D eigenvalue weighted by molar-refractivity contribution is 5.67. The predicted molar refractivity (Wildman–Crippen MR) is 68.5 cm³/mol. The third kappa shape index (κ3) is 2.55. The second-order valence-corrected chi connectivity index (χ2v) is 4.78. The summed E-state index contributed by atoms with van der Waals surface area (Å²) in [7, 11) is 0. The zero-order valence-electron chi connectivity index (χ0n) is 10.8. The molecule has 3 heteroatoms. The van der Waals surface area contributed by atoms with Crippen LogP contribution >= 0.6 is 0 Å². The summed E-state index contributed by atoms with van der Waals surface area (Å²) in [5.74, 6) is -1.05. The molecule has 1 aliphatic rings. The summed E-state index contributed by atoms with van der Waals surface area (Å²) >= 11 is 0. The van der Waals surface area contributed by atoms with Crippen LogP contribution in [0.1, 0.15) is 38.7 Å². The van der Waals surface area contributed by atoms with Gasteiger partial charge in [0.2, 0.25) is 5.82 Å². The molecule has 0 aromatic heterocycles. The van der Waals surface area contributed by atoms with E-state index in [1.54, 1.807) is 13.0 Å². The second kappa shape index (κ2) is 5.51. The molecule has 0 saturated carbocycles. The van der Waals surface area contributed by atoms with Crippen molar-refractivity contribution in [2.24, 2.45) is 5.92 Å². The summed E-state index contributed by atoms with van der Waals surface area (Å²) in [6.45, 7) is 4.24. The van der Waals surface area contributed by atoms with E-state index in [9.17, 15) is 8.78 Å². The van der Waals surface area contributed by atoms with Crippen LogP contribution in [0.2, 0.25) is 0 Å². The predicted octanol–water partition coefficient (Wildman–Crippen LogP) is 4.57. The minimum Gasteiger partial charge on any atom is -0.491 e. The van der Waals surface area contributed by atoms with Crippen molar-refractivity contribution in [2.45, 2.75) is 33.1 Å². The van der Waals surface area contributed by atoms with Crippen LogP contribution in [0.4, 0.5) is 8.78 Å². The van der Waals surface area contributed by atoms with Gasteiger partial charge in [-0.05, 0) is 49.8 Å². The van der Waals surface area contributed by atoms with E-state index in [1.807, 2.05) is 6.08 Å². The molecule has 0 radical (unpaired) electrons. The molecule has 98 valence electrons. The van der Waals surface area contributed by atoms with Crippen LogP contribution in [0.5, 0.6) is 5.75 Å². The molecule has 0 spiro atoms. The summed E-state index contributed by atoms with van der Waals surface area (Å²) in [5.41, 5.74) is 1.29. The average Bonchev–Trinajstić information content (AvgIpc) is 2.37. The Bertz CT molecular complexity index is 466. The zero-order chi connectivity index (χ0) is 13.1. The molecule has 1 aromatic rings. The molecule has 0 fully saturated rings. The Kier molecular flexibility index (Phi) is 4.00. The highest BCUT2D eigenvalue weighted by atomic mass is 19.2. The first-order valence-corrected chi connectivity index (χ1v) is 6.43. The molecule has 0 saturated heterocycles. The first kappa shape index (κ1) is 13.1. The molecule has 2 rings (SSSR count). The first-order valence-electron chi connectivity index (χ1n) is 6.43. The lowest BCUT2D eigenvalue weighted by atomic mass is 9.87. The summed E-state index contributed by atoms with van der Waals surface area (Å²) in [6, 6.07) is 3.13. The van der Waals surface area contributed by atoms with Crippen LogP contribution in [-0.2, 0) is 0 Å². The Balaban J connectivity index is 2.32. The zero-order valence-corrected chi connectivity index (χ0v) is 10.8. The average molecular weight is 252 g/mol. The number of allylic oxidation sites excluding steroid dienone is 2. The Morgan fingerprint density at radius 1 is 1.28 bits per heavy atom. The third-order valence-corrected chi connectivity index (χ3v) is 3.37. The van der Waals surface area contributed by atoms with Crippen LogP contribution in [-0.4, -0.2) is 6.61 Å². The van der Waals surface area contributed by atoms with E-state index in [1.165, 1.54) is 6.07 Å². The fourth-order valence-electron chi connectivity index (χ4n) is 2.26. The van der Waals surface area contributed by atoms with Crippen LogP contribution in [0, 0.1) is 17.6 Å². The number of ether oxygens (including phenoxy) is 1. The van der Waals surface area contributed by atoms with Gasteiger partial charge in [0.1, 0.15) is 0 Å². The summed E-state index contributed by atoms with van der Waals surface area (Å²) in [4.78, 5) is 0. The van der Waals surface area contributed by atoms with Gasteiger partial charge < -0.3 is 4.74 Å². The number of hydrogen-bond donors (Lipinski definition) is 0. The summed E-state index contributed by atoms with van der Waals surface area (Å²) in [5, 5.41) is 0. The lowest BCUT2D eigenvalue weighted by molar-refractivity contribution is 0.314. The summed E-state index contributed by atoms with van der Waals surface area (Å²) < 4.78 is 32.8. The number of benzene rings is 1. The van der Waals surface area contributed by atoms with Gasteiger partial charge in [-0.1, -0.05) is 13.0 Å². The SMILES string of the molecule is CCOc1ccc(C2=CCC(C)CC2)c(F)c1F. The third-order valence-electron chi connectivity index (χ3n) is 3.37. The van der Waals surface area contributed by atoms with Crippen molar-refractivity contribution < 1.29 is 13.5 Å². The normalized spacial score (nSPS) is 19.6. The van der Waals surface area contributed by atoms with Crippen molar-refractivity contribution in [3.63, 3.8) is 0 Å². The van der Waals surface area contributed by atoms with Crippen molar-refractivity contribution >= 4 is 5.57 Å². The largest absolute Gasteiger partial charge is 0.491 e. The van der Waals surface area contributed by atoms with Crippen molar-refractivity contribution in [1.29, 1.82) is 0 Å². The second-order valence-electron chi connectivity index (χ2n) is 4.78. The molecular formula is C15H18F2O. The van der Waals surface area contributed by atoms with Gasteiger partial charge in [-0.2, -0.15) is 4.39 Å². The highest BCUT2D eigenvalue weighted by Crippen LogP contribution is 2.33. The molecule has 0 bridgehead atoms. The quantitative estimate of drug-likeness (QED) is 0.765. The van der Waals surface area contributed by atoms with Gasteiger partial charge in [0.25, 0.3) is 0 Å². The molecule has 18 heavy (non-hydrogen) atoms. The lowest BCUT2D eigenvalue weighted by Gasteiger charge is -2.19. The number of halogens is 2. The molecule has 0 aliphatic heterocycles. The van der Waals surface area contributed by atoms with Gasteiger partial charge in [-0.25, -0.2) is 4.39 Å². The van der Waals surface area contributed by atoms with Crippen LogP contribution in [0.15, 0.2) is 18.2 Å². The van der Waals surface area contributed by atoms with Gasteiger partial charge >= 0.3 is 0 Å². The molecule has 1 aliphatic carbocycles. The van der Waals surface area contributed by atoms with Crippen LogP contribution < -0.4 is 4.74 Å². The number of hydrogen-bond acceptors (Lipinski definition) is 1. The van der Waals surface area contributed by atoms with E-state index >= 15 is 0 Å². The molecular weight excluding hydrogens is 234 g/mol. The van der Waals surface area contributed by atoms with E-state index in [0.29, 0.717) is 18.1 Å². The fraction of sp³-hybridized carbons (Fsp3) is 0.467. The van der Waals surface area contributed by atoms with Gasteiger partial charge in [-0.15, -0.1) is 0 Å². The van der Waals surface area contributed by atoms with E-state index < -0.39 is 11.6 Å². The van der Waals surface area contributed by atoms with Gasteiger partial charge in [0.15, 0.2) is 11.6 Å². The van der Waals surface area contributed by atoms with Crippen molar-refractivity contribution in [2.75, 3.05) is 6.61 Å². The van der Waals surface area contributed by atoms with E-state index in [2.05, 4.69) is 6.92 Å². The highest BCUT2D eigenvalue weighted by Gasteiger charge is 2.19. The topological polar surface area (TPSA) is 9.23 Å². The molecule has 1 atom stereocenters. The molecule has 0 N–H and O–H groups in total. The maximum absolute atomic E-state index is 14.0. The number of rotatable bonds is 3. The lowest BCUT2D eigenvalue weighted by Crippen LogP contribution is -2.04. The first-order chi connectivity index (χ1) is 8.63. The van der Waals surface area contributed by atoms with Crippen LogP contribution in [0.3, 0.4) is 0 Å². The van der Waals surface area contributed by atoms with Crippen molar-refractivity contribution in [1.82, 2.24) is 0 Å². The molecule has 1 unspecified atom stereocenters. The Morgan fingerprint density at radius 3 is 2.67 bits per heavy atom. The maximum Gasteiger partial charge on any atom is 0.201 e. The van der Waals surface area contributed by atoms with E-state index in [0.717, 1.165) is 24.8 Å². The van der Waals surface area contributed by atoms with E-state index in [4.69, 9.17) is 4.74 Å². The molecule has 1 nitrogen and oxygen atoms in total. The standard InChI is InChI=1S/C15H18F2O/c1-3-18-13-9-8-12(14(16)15(13)17)11-6-4-10(2)5-7-11/h6,8-10H,3-5,7H2,1-2H3. The van der Waals surface area contributed by atoms with Crippen molar-refractivity contribution in [3.05, 3.63) is 35.4 Å². The Morgan fingerprint density at radius 2 is 2.06 bits per heavy atom. The molecule has 0 heterocycles. The Hall–Kier alpha value is -1.38. The maximum atomic E-state index is 14.0. The van der Waals surface area contributed by atoms with Crippen LogP contribution in [0.25, 0.3) is 5.57 Å². The minimum absolute atomic E-state index is 0.0106. The Labute approximate surface area is 106 Å².